The number of benzene rings is 1. The fourth-order valence-electron chi connectivity index (χ4n) is 8.13. The molecule has 4 bridgehead atoms. The largest absolute Gasteiger partial charge is 0.390 e. The standard InChI is InChI=1S/C29H35F2N5O2/c30-26(31)27-33-23-6-1-2-7-24(23)36(27)28-32-21(14-25(34-28)35-8-10-38-11-9-35)4-3-5-22-19-12-18-13-20(22)17-29(37,15-18)16-19/h1-2,6-7,14,18-20,22,26,37H,3-5,8-13,15-17H2/t18?,19-,20+,22?,29-. The van der Waals surface area contributed by atoms with Gasteiger partial charge in [0.05, 0.1) is 29.8 Å². The van der Waals surface area contributed by atoms with Crippen LogP contribution in [0.4, 0.5) is 14.6 Å². The Hall–Kier alpha value is -2.65. The zero-order valence-electron chi connectivity index (χ0n) is 21.6. The van der Waals surface area contributed by atoms with Gasteiger partial charge in [0, 0.05) is 24.8 Å². The molecule has 1 aliphatic heterocycles. The second kappa shape index (κ2) is 9.52. The third kappa shape index (κ3) is 4.37. The topological polar surface area (TPSA) is 76.3 Å². The number of morpholine rings is 1. The van der Waals surface area contributed by atoms with Crippen molar-refractivity contribution in [2.45, 2.75) is 63.4 Å². The van der Waals surface area contributed by atoms with Crippen LogP contribution in [0.5, 0.6) is 0 Å². The van der Waals surface area contributed by atoms with Crippen molar-refractivity contribution in [3.05, 3.63) is 41.9 Å². The molecule has 8 rings (SSSR count). The molecule has 1 N–H and O–H groups in total. The highest BCUT2D eigenvalue weighted by atomic mass is 19.3. The number of hydrogen-bond acceptors (Lipinski definition) is 6. The molecule has 202 valence electrons. The van der Waals surface area contributed by atoms with Gasteiger partial charge in [-0.1, -0.05) is 12.1 Å². The minimum atomic E-state index is -2.74. The SMILES string of the molecule is O[C@]12CC3C[C@H](C1)C(CCCc1cc(N4CCOCC4)nc(-n4c(C(F)F)nc5ccccc54)n1)[C@@H](C3)C2. The normalized spacial score (nSPS) is 30.6. The summed E-state index contributed by atoms with van der Waals surface area (Å²) >= 11 is 0. The number of imidazole rings is 1. The number of aryl methyl sites for hydroxylation is 1. The molecule has 2 unspecified atom stereocenters. The monoisotopic (exact) mass is 523 g/mol. The maximum absolute atomic E-state index is 14.1. The highest BCUT2D eigenvalue weighted by Gasteiger charge is 2.54. The van der Waals surface area contributed by atoms with E-state index in [2.05, 4.69) is 9.88 Å². The number of halogens is 2. The van der Waals surface area contributed by atoms with Gasteiger partial charge in [0.25, 0.3) is 6.43 Å². The van der Waals surface area contributed by atoms with Crippen LogP contribution in [0.25, 0.3) is 17.0 Å². The van der Waals surface area contributed by atoms with Crippen LogP contribution in [-0.4, -0.2) is 56.5 Å². The first kappa shape index (κ1) is 24.4. The summed E-state index contributed by atoms with van der Waals surface area (Å²) in [6.45, 7) is 2.64. The number of rotatable bonds is 7. The fraction of sp³-hybridized carbons (Fsp3) is 0.621. The van der Waals surface area contributed by atoms with Crippen molar-refractivity contribution in [1.29, 1.82) is 0 Å². The number of nitrogens with zero attached hydrogens (tertiary/aromatic N) is 5. The lowest BCUT2D eigenvalue weighted by atomic mass is 9.49. The minimum Gasteiger partial charge on any atom is -0.390 e. The summed E-state index contributed by atoms with van der Waals surface area (Å²) in [5.41, 5.74) is 1.56. The van der Waals surface area contributed by atoms with Crippen molar-refractivity contribution >= 4 is 16.9 Å². The van der Waals surface area contributed by atoms with Crippen molar-refractivity contribution < 1.29 is 18.6 Å². The van der Waals surface area contributed by atoms with E-state index in [-0.39, 0.29) is 11.8 Å². The van der Waals surface area contributed by atoms with E-state index in [1.165, 1.54) is 17.4 Å². The third-order valence-corrected chi connectivity index (χ3v) is 9.48. The van der Waals surface area contributed by atoms with E-state index in [0.717, 1.165) is 50.0 Å². The molecule has 4 saturated carbocycles. The number of fused-ring (bicyclic) bond motifs is 1. The maximum Gasteiger partial charge on any atom is 0.296 e. The van der Waals surface area contributed by atoms with Crippen molar-refractivity contribution in [2.24, 2.45) is 23.7 Å². The lowest BCUT2D eigenvalue weighted by Crippen LogP contribution is -2.54. The molecule has 7 nitrogen and oxygen atoms in total. The van der Waals surface area contributed by atoms with E-state index in [0.29, 0.717) is 61.0 Å². The van der Waals surface area contributed by atoms with Gasteiger partial charge in [-0.3, -0.25) is 4.57 Å². The summed E-state index contributed by atoms with van der Waals surface area (Å²) in [6, 6.07) is 9.18. The number of hydrogen-bond donors (Lipinski definition) is 1. The molecule has 3 aromatic rings. The van der Waals surface area contributed by atoms with E-state index in [1.54, 1.807) is 18.2 Å². The lowest BCUT2D eigenvalue weighted by molar-refractivity contribution is -0.153. The first-order valence-electron chi connectivity index (χ1n) is 14.1. The van der Waals surface area contributed by atoms with E-state index in [4.69, 9.17) is 14.7 Å². The quantitative estimate of drug-likeness (QED) is 0.465. The summed E-state index contributed by atoms with van der Waals surface area (Å²) in [5, 5.41) is 10.9. The van der Waals surface area contributed by atoms with Gasteiger partial charge in [-0.25, -0.2) is 18.7 Å². The van der Waals surface area contributed by atoms with Crippen molar-refractivity contribution in [3.8, 4) is 5.95 Å². The molecular formula is C29H35F2N5O2. The van der Waals surface area contributed by atoms with Gasteiger partial charge < -0.3 is 14.7 Å². The van der Waals surface area contributed by atoms with Crippen molar-refractivity contribution in [3.63, 3.8) is 0 Å². The van der Waals surface area contributed by atoms with E-state index < -0.39 is 12.0 Å². The zero-order valence-corrected chi connectivity index (χ0v) is 21.6. The number of aliphatic hydroxyl groups is 1. The fourth-order valence-corrected chi connectivity index (χ4v) is 8.13. The smallest absolute Gasteiger partial charge is 0.296 e. The van der Waals surface area contributed by atoms with Gasteiger partial charge in [-0.15, -0.1) is 0 Å². The Bertz CT molecular complexity index is 1310. The number of para-hydroxylation sites is 2. The number of ether oxygens (including phenoxy) is 1. The van der Waals surface area contributed by atoms with Gasteiger partial charge in [0.15, 0.2) is 5.82 Å². The molecule has 5 fully saturated rings. The lowest BCUT2D eigenvalue weighted by Gasteiger charge is -2.58. The van der Waals surface area contributed by atoms with Crippen LogP contribution < -0.4 is 4.90 Å². The Kier molecular flexibility index (Phi) is 6.11. The molecule has 38 heavy (non-hydrogen) atoms. The molecule has 5 aliphatic rings. The average Bonchev–Trinajstić information content (AvgIpc) is 3.30. The summed E-state index contributed by atoms with van der Waals surface area (Å²) in [4.78, 5) is 16.0. The Balaban J connectivity index is 1.18. The predicted molar refractivity (Wildman–Crippen MR) is 140 cm³/mol. The van der Waals surface area contributed by atoms with Crippen LogP contribution in [0, 0.1) is 23.7 Å². The first-order valence-corrected chi connectivity index (χ1v) is 14.1. The van der Waals surface area contributed by atoms with Crippen LogP contribution in [0.15, 0.2) is 30.3 Å². The minimum absolute atomic E-state index is 0.254. The molecule has 4 aliphatic carbocycles. The Morgan fingerprint density at radius 2 is 1.79 bits per heavy atom. The number of aromatic nitrogens is 4. The molecule has 3 heterocycles. The molecule has 5 atom stereocenters. The van der Waals surface area contributed by atoms with Gasteiger partial charge in [0.2, 0.25) is 5.95 Å². The third-order valence-electron chi connectivity index (χ3n) is 9.48. The summed E-state index contributed by atoms with van der Waals surface area (Å²) in [5.74, 6) is 3.35. The van der Waals surface area contributed by atoms with Crippen molar-refractivity contribution in [2.75, 3.05) is 31.2 Å². The van der Waals surface area contributed by atoms with Crippen LogP contribution >= 0.6 is 0 Å². The second-order valence-corrected chi connectivity index (χ2v) is 12.0. The summed E-state index contributed by atoms with van der Waals surface area (Å²) in [7, 11) is 0. The van der Waals surface area contributed by atoms with Gasteiger partial charge in [-0.2, -0.15) is 4.98 Å². The number of alkyl halides is 2. The van der Waals surface area contributed by atoms with Gasteiger partial charge in [0.1, 0.15) is 5.82 Å². The Labute approximate surface area is 221 Å². The maximum atomic E-state index is 14.1. The average molecular weight is 524 g/mol. The molecule has 0 spiro atoms. The molecule has 2 aromatic heterocycles. The van der Waals surface area contributed by atoms with Crippen LogP contribution in [0.3, 0.4) is 0 Å². The van der Waals surface area contributed by atoms with Crippen LogP contribution in [0.2, 0.25) is 0 Å². The molecule has 0 radical (unpaired) electrons. The predicted octanol–water partition coefficient (Wildman–Crippen LogP) is 5.10. The molecular weight excluding hydrogens is 488 g/mol. The highest BCUT2D eigenvalue weighted by Crippen LogP contribution is 2.59. The van der Waals surface area contributed by atoms with Crippen LogP contribution in [0.1, 0.15) is 62.9 Å². The van der Waals surface area contributed by atoms with E-state index in [1.807, 2.05) is 12.1 Å². The molecule has 9 heteroatoms. The molecule has 1 aromatic carbocycles. The zero-order chi connectivity index (χ0) is 25.9. The molecule has 1 saturated heterocycles. The number of anilines is 1. The van der Waals surface area contributed by atoms with Crippen molar-refractivity contribution in [1.82, 2.24) is 19.5 Å². The van der Waals surface area contributed by atoms with E-state index >= 15 is 0 Å². The second-order valence-electron chi connectivity index (χ2n) is 12.0. The summed E-state index contributed by atoms with van der Waals surface area (Å²) in [6.07, 6.45) is 5.62. The van der Waals surface area contributed by atoms with Crippen LogP contribution in [-0.2, 0) is 11.2 Å². The van der Waals surface area contributed by atoms with Gasteiger partial charge in [-0.05, 0) is 87.2 Å². The van der Waals surface area contributed by atoms with Gasteiger partial charge >= 0.3 is 0 Å². The Morgan fingerprint density at radius 1 is 1.03 bits per heavy atom. The highest BCUT2D eigenvalue weighted by molar-refractivity contribution is 5.77. The molecule has 0 amide bonds. The summed E-state index contributed by atoms with van der Waals surface area (Å²) < 4.78 is 35.2. The Morgan fingerprint density at radius 3 is 2.53 bits per heavy atom. The van der Waals surface area contributed by atoms with E-state index in [9.17, 15) is 13.9 Å². The first-order chi connectivity index (χ1) is 18.5.